The van der Waals surface area contributed by atoms with Crippen LogP contribution >= 0.6 is 0 Å². The predicted molar refractivity (Wildman–Crippen MR) is 67.5 cm³/mol. The Morgan fingerprint density at radius 3 is 2.94 bits per heavy atom. The molecule has 2 nitrogen and oxygen atoms in total. The number of nitrogens with one attached hydrogen (secondary N) is 1. The van der Waals surface area contributed by atoms with Crippen LogP contribution in [0.15, 0.2) is 0 Å². The second kappa shape index (κ2) is 4.30. The Hall–Kier alpha value is -0.0800. The Morgan fingerprint density at radius 1 is 1.25 bits per heavy atom. The summed E-state index contributed by atoms with van der Waals surface area (Å²) in [5.41, 5.74) is 0.562. The largest absolute Gasteiger partial charge is 0.316 e. The highest BCUT2D eigenvalue weighted by Gasteiger charge is 2.39. The van der Waals surface area contributed by atoms with Crippen LogP contribution in [0.5, 0.6) is 0 Å². The average Bonchev–Trinajstić information content (AvgIpc) is 2.87. The molecule has 0 aromatic heterocycles. The zero-order valence-electron chi connectivity index (χ0n) is 10.7. The molecule has 1 N–H and O–H groups in total. The Bertz CT molecular complexity index is 245. The third kappa shape index (κ3) is 2.02. The van der Waals surface area contributed by atoms with Crippen LogP contribution in [0.2, 0.25) is 0 Å². The maximum Gasteiger partial charge on any atom is 0.0124 e. The highest BCUT2D eigenvalue weighted by atomic mass is 15.2. The van der Waals surface area contributed by atoms with Gasteiger partial charge in [-0.05, 0) is 50.1 Å². The first-order valence-corrected chi connectivity index (χ1v) is 7.22. The highest BCUT2D eigenvalue weighted by molar-refractivity contribution is 4.94. The van der Waals surface area contributed by atoms with Crippen LogP contribution in [0.25, 0.3) is 0 Å². The molecule has 92 valence electrons. The Labute approximate surface area is 99.8 Å². The van der Waals surface area contributed by atoms with Crippen LogP contribution in [0.3, 0.4) is 0 Å². The molecule has 3 atom stereocenters. The van der Waals surface area contributed by atoms with E-state index in [-0.39, 0.29) is 0 Å². The van der Waals surface area contributed by atoms with Crippen molar-refractivity contribution in [3.05, 3.63) is 0 Å². The first kappa shape index (κ1) is 11.0. The van der Waals surface area contributed by atoms with Crippen molar-refractivity contribution in [1.82, 2.24) is 10.2 Å². The summed E-state index contributed by atoms with van der Waals surface area (Å²) in [7, 11) is 0. The SMILES string of the molecule is CC1(CN2CCC3CCCCC32)CCNC1. The molecule has 2 aliphatic heterocycles. The van der Waals surface area contributed by atoms with E-state index in [9.17, 15) is 0 Å². The molecule has 0 amide bonds. The van der Waals surface area contributed by atoms with Gasteiger partial charge in [0.05, 0.1) is 0 Å². The lowest BCUT2D eigenvalue weighted by molar-refractivity contribution is 0.128. The van der Waals surface area contributed by atoms with Crippen molar-refractivity contribution in [3.63, 3.8) is 0 Å². The molecule has 0 bridgehead atoms. The summed E-state index contributed by atoms with van der Waals surface area (Å²) in [6.45, 7) is 7.68. The highest BCUT2D eigenvalue weighted by Crippen LogP contribution is 2.38. The number of fused-ring (bicyclic) bond motifs is 1. The van der Waals surface area contributed by atoms with E-state index in [1.165, 1.54) is 64.7 Å². The molecular weight excluding hydrogens is 196 g/mol. The van der Waals surface area contributed by atoms with E-state index in [0.717, 1.165) is 12.0 Å². The van der Waals surface area contributed by atoms with Gasteiger partial charge < -0.3 is 5.32 Å². The van der Waals surface area contributed by atoms with Crippen LogP contribution in [0.4, 0.5) is 0 Å². The van der Waals surface area contributed by atoms with Gasteiger partial charge in [0.25, 0.3) is 0 Å². The third-order valence-electron chi connectivity index (χ3n) is 5.17. The first-order chi connectivity index (χ1) is 7.77. The number of likely N-dealkylation sites (tertiary alicyclic amines) is 1. The van der Waals surface area contributed by atoms with Crippen molar-refractivity contribution in [1.29, 1.82) is 0 Å². The Kier molecular flexibility index (Phi) is 2.97. The normalized spacial score (nSPS) is 44.8. The van der Waals surface area contributed by atoms with Gasteiger partial charge in [0, 0.05) is 19.1 Å². The molecule has 0 aromatic carbocycles. The van der Waals surface area contributed by atoms with Crippen LogP contribution < -0.4 is 5.32 Å². The molecule has 0 spiro atoms. The van der Waals surface area contributed by atoms with Gasteiger partial charge in [-0.15, -0.1) is 0 Å². The standard InChI is InChI=1S/C14H26N2/c1-14(7-8-15-10-14)11-16-9-6-12-4-2-3-5-13(12)16/h12-13,15H,2-11H2,1H3. The summed E-state index contributed by atoms with van der Waals surface area (Å²) >= 11 is 0. The number of hydrogen-bond acceptors (Lipinski definition) is 2. The van der Waals surface area contributed by atoms with Gasteiger partial charge in [0.1, 0.15) is 0 Å². The fourth-order valence-electron chi connectivity index (χ4n) is 4.19. The minimum Gasteiger partial charge on any atom is -0.316 e. The zero-order chi connectivity index (χ0) is 11.0. The molecule has 3 rings (SSSR count). The maximum absolute atomic E-state index is 3.53. The van der Waals surface area contributed by atoms with Gasteiger partial charge >= 0.3 is 0 Å². The predicted octanol–water partition coefficient (Wildman–Crippen LogP) is 2.25. The molecule has 0 aromatic rings. The number of nitrogens with zero attached hydrogens (tertiary/aromatic N) is 1. The van der Waals surface area contributed by atoms with Crippen LogP contribution in [0, 0.1) is 11.3 Å². The van der Waals surface area contributed by atoms with Crippen molar-refractivity contribution in [2.75, 3.05) is 26.2 Å². The lowest BCUT2D eigenvalue weighted by Gasteiger charge is -2.36. The molecule has 1 saturated carbocycles. The van der Waals surface area contributed by atoms with Crippen molar-refractivity contribution in [3.8, 4) is 0 Å². The van der Waals surface area contributed by atoms with Crippen molar-refractivity contribution in [2.45, 2.75) is 51.5 Å². The molecule has 16 heavy (non-hydrogen) atoms. The van der Waals surface area contributed by atoms with Crippen LogP contribution in [0.1, 0.15) is 45.4 Å². The molecule has 2 heterocycles. The molecular formula is C14H26N2. The molecule has 2 heteroatoms. The molecule has 2 saturated heterocycles. The summed E-state index contributed by atoms with van der Waals surface area (Å²) in [4.78, 5) is 2.83. The van der Waals surface area contributed by atoms with E-state index in [1.54, 1.807) is 0 Å². The van der Waals surface area contributed by atoms with Gasteiger partial charge in [-0.3, -0.25) is 4.90 Å². The van der Waals surface area contributed by atoms with Crippen molar-refractivity contribution in [2.24, 2.45) is 11.3 Å². The van der Waals surface area contributed by atoms with Gasteiger partial charge in [-0.2, -0.15) is 0 Å². The van der Waals surface area contributed by atoms with E-state index < -0.39 is 0 Å². The Morgan fingerprint density at radius 2 is 2.12 bits per heavy atom. The maximum atomic E-state index is 3.53. The molecule has 3 unspecified atom stereocenters. The smallest absolute Gasteiger partial charge is 0.0124 e. The number of hydrogen-bond donors (Lipinski definition) is 1. The van der Waals surface area contributed by atoms with E-state index >= 15 is 0 Å². The van der Waals surface area contributed by atoms with E-state index in [4.69, 9.17) is 0 Å². The molecule has 3 fully saturated rings. The number of rotatable bonds is 2. The molecule has 3 aliphatic rings. The summed E-state index contributed by atoms with van der Waals surface area (Å²) in [6.07, 6.45) is 8.82. The van der Waals surface area contributed by atoms with Gasteiger partial charge in [-0.1, -0.05) is 19.8 Å². The lowest BCUT2D eigenvalue weighted by Crippen LogP contribution is -2.42. The Balaban J connectivity index is 1.62. The van der Waals surface area contributed by atoms with Crippen LogP contribution in [-0.2, 0) is 0 Å². The van der Waals surface area contributed by atoms with Gasteiger partial charge in [-0.25, -0.2) is 0 Å². The third-order valence-corrected chi connectivity index (χ3v) is 5.17. The zero-order valence-corrected chi connectivity index (χ0v) is 10.7. The molecule has 1 aliphatic carbocycles. The fraction of sp³-hybridized carbons (Fsp3) is 1.00. The monoisotopic (exact) mass is 222 g/mol. The summed E-state index contributed by atoms with van der Waals surface area (Å²) in [5.74, 6) is 1.05. The van der Waals surface area contributed by atoms with Gasteiger partial charge in [0.2, 0.25) is 0 Å². The summed E-state index contributed by atoms with van der Waals surface area (Å²) in [5, 5.41) is 3.53. The minimum atomic E-state index is 0.562. The summed E-state index contributed by atoms with van der Waals surface area (Å²) in [6, 6.07) is 0.950. The average molecular weight is 222 g/mol. The fourth-order valence-corrected chi connectivity index (χ4v) is 4.19. The first-order valence-electron chi connectivity index (χ1n) is 7.22. The van der Waals surface area contributed by atoms with Crippen LogP contribution in [-0.4, -0.2) is 37.1 Å². The van der Waals surface area contributed by atoms with Crippen molar-refractivity contribution >= 4 is 0 Å². The van der Waals surface area contributed by atoms with E-state index in [1.807, 2.05) is 0 Å². The quantitative estimate of drug-likeness (QED) is 0.771. The molecule has 0 radical (unpaired) electrons. The van der Waals surface area contributed by atoms with E-state index in [2.05, 4.69) is 17.1 Å². The second-order valence-electron chi connectivity index (χ2n) is 6.61. The topological polar surface area (TPSA) is 15.3 Å². The minimum absolute atomic E-state index is 0.562. The van der Waals surface area contributed by atoms with Gasteiger partial charge in [0.15, 0.2) is 0 Å². The second-order valence-corrected chi connectivity index (χ2v) is 6.61. The van der Waals surface area contributed by atoms with E-state index in [0.29, 0.717) is 5.41 Å². The lowest BCUT2D eigenvalue weighted by atomic mass is 9.84. The van der Waals surface area contributed by atoms with Crippen molar-refractivity contribution < 1.29 is 0 Å². The summed E-state index contributed by atoms with van der Waals surface area (Å²) < 4.78 is 0.